The first-order chi connectivity index (χ1) is 9.09. The van der Waals surface area contributed by atoms with Gasteiger partial charge in [-0.2, -0.15) is 5.26 Å². The summed E-state index contributed by atoms with van der Waals surface area (Å²) in [7, 11) is 0. The van der Waals surface area contributed by atoms with Crippen molar-refractivity contribution in [3.63, 3.8) is 0 Å². The van der Waals surface area contributed by atoms with E-state index < -0.39 is 5.41 Å². The van der Waals surface area contributed by atoms with Crippen molar-refractivity contribution in [1.82, 2.24) is 15.0 Å². The van der Waals surface area contributed by atoms with E-state index in [1.807, 2.05) is 19.2 Å². The van der Waals surface area contributed by atoms with E-state index in [9.17, 15) is 5.26 Å². The average Bonchev–Trinajstić information content (AvgIpc) is 3.17. The standard InChI is InChI=1S/C13H11ClN4S/c1-7-16-11-8(12(17-7)19-2)5-9(10(14)18-11)13(6-15)3-4-13/h5H,3-4H2,1-2H3. The topological polar surface area (TPSA) is 62.5 Å². The van der Waals surface area contributed by atoms with Crippen LogP contribution in [0.15, 0.2) is 11.1 Å². The molecule has 3 rings (SSSR count). The number of fused-ring (bicyclic) bond motifs is 1. The van der Waals surface area contributed by atoms with Gasteiger partial charge in [-0.3, -0.25) is 0 Å². The van der Waals surface area contributed by atoms with Crippen LogP contribution in [0.3, 0.4) is 0 Å². The summed E-state index contributed by atoms with van der Waals surface area (Å²) in [4.78, 5) is 13.1. The first-order valence-electron chi connectivity index (χ1n) is 5.90. The van der Waals surface area contributed by atoms with Crippen molar-refractivity contribution < 1.29 is 0 Å². The molecule has 4 nitrogen and oxygen atoms in total. The Morgan fingerprint density at radius 2 is 2.11 bits per heavy atom. The van der Waals surface area contributed by atoms with Crippen molar-refractivity contribution in [1.29, 1.82) is 5.26 Å². The Kier molecular flexibility index (Phi) is 2.88. The van der Waals surface area contributed by atoms with E-state index in [0.29, 0.717) is 16.6 Å². The lowest BCUT2D eigenvalue weighted by Crippen LogP contribution is -2.06. The van der Waals surface area contributed by atoms with Gasteiger partial charge in [0.2, 0.25) is 0 Å². The van der Waals surface area contributed by atoms with Crippen molar-refractivity contribution in [2.75, 3.05) is 6.26 Å². The normalized spacial score (nSPS) is 16.3. The zero-order valence-electron chi connectivity index (χ0n) is 10.6. The van der Waals surface area contributed by atoms with Crippen molar-refractivity contribution in [3.05, 3.63) is 22.6 Å². The molecular weight excluding hydrogens is 280 g/mol. The molecule has 0 atom stereocenters. The van der Waals surface area contributed by atoms with Crippen LogP contribution in [0.4, 0.5) is 0 Å². The van der Waals surface area contributed by atoms with E-state index in [-0.39, 0.29) is 0 Å². The Balaban J connectivity index is 2.30. The molecule has 2 aromatic rings. The van der Waals surface area contributed by atoms with E-state index in [1.54, 1.807) is 11.8 Å². The minimum Gasteiger partial charge on any atom is -0.226 e. The minimum atomic E-state index is -0.446. The smallest absolute Gasteiger partial charge is 0.165 e. The Bertz CT molecular complexity index is 719. The van der Waals surface area contributed by atoms with Crippen LogP contribution in [0.1, 0.15) is 24.2 Å². The fourth-order valence-electron chi connectivity index (χ4n) is 2.17. The monoisotopic (exact) mass is 290 g/mol. The summed E-state index contributed by atoms with van der Waals surface area (Å²) in [5, 5.41) is 11.4. The van der Waals surface area contributed by atoms with Crippen molar-refractivity contribution in [2.24, 2.45) is 0 Å². The van der Waals surface area contributed by atoms with Gasteiger partial charge in [0.1, 0.15) is 16.0 Å². The van der Waals surface area contributed by atoms with Crippen LogP contribution in [-0.2, 0) is 5.41 Å². The molecule has 0 bridgehead atoms. The predicted octanol–water partition coefficient (Wildman–Crippen LogP) is 3.26. The van der Waals surface area contributed by atoms with Gasteiger partial charge in [-0.25, -0.2) is 15.0 Å². The van der Waals surface area contributed by atoms with E-state index in [4.69, 9.17) is 11.6 Å². The Hall–Kier alpha value is -1.38. The molecular formula is C13H11ClN4S. The molecule has 0 saturated heterocycles. The predicted molar refractivity (Wildman–Crippen MR) is 75.4 cm³/mol. The maximum atomic E-state index is 9.30. The van der Waals surface area contributed by atoms with Crippen LogP contribution in [0.2, 0.25) is 5.15 Å². The third kappa shape index (κ3) is 1.96. The molecule has 0 aliphatic heterocycles. The zero-order chi connectivity index (χ0) is 13.6. The zero-order valence-corrected chi connectivity index (χ0v) is 12.1. The summed E-state index contributed by atoms with van der Waals surface area (Å²) in [6, 6.07) is 4.29. The molecule has 1 saturated carbocycles. The fraction of sp³-hybridized carbons (Fsp3) is 0.385. The highest BCUT2D eigenvalue weighted by molar-refractivity contribution is 7.98. The summed E-state index contributed by atoms with van der Waals surface area (Å²) >= 11 is 7.77. The van der Waals surface area contributed by atoms with Crippen molar-refractivity contribution in [3.8, 4) is 6.07 Å². The number of pyridine rings is 1. The molecule has 19 heavy (non-hydrogen) atoms. The molecule has 1 fully saturated rings. The quantitative estimate of drug-likeness (QED) is 0.482. The number of nitriles is 1. The lowest BCUT2D eigenvalue weighted by Gasteiger charge is -2.11. The van der Waals surface area contributed by atoms with E-state index in [0.717, 1.165) is 28.8 Å². The molecule has 0 unspecified atom stereocenters. The van der Waals surface area contributed by atoms with Gasteiger partial charge in [0.15, 0.2) is 5.65 Å². The number of nitrogens with zero attached hydrogens (tertiary/aromatic N) is 4. The molecule has 96 valence electrons. The Labute approximate surface area is 120 Å². The molecule has 6 heteroatoms. The molecule has 0 aromatic carbocycles. The average molecular weight is 291 g/mol. The number of thioether (sulfide) groups is 1. The van der Waals surface area contributed by atoms with Gasteiger partial charge in [0.05, 0.1) is 16.9 Å². The molecule has 0 radical (unpaired) electrons. The fourth-order valence-corrected chi connectivity index (χ4v) is 3.08. The lowest BCUT2D eigenvalue weighted by molar-refractivity contribution is 0.896. The number of aromatic nitrogens is 3. The molecule has 2 heterocycles. The Morgan fingerprint density at radius 1 is 1.37 bits per heavy atom. The van der Waals surface area contributed by atoms with Gasteiger partial charge >= 0.3 is 0 Å². The molecule has 2 aromatic heterocycles. The van der Waals surface area contributed by atoms with Crippen LogP contribution in [-0.4, -0.2) is 21.2 Å². The molecule has 1 aliphatic rings. The summed E-state index contributed by atoms with van der Waals surface area (Å²) in [6.07, 6.45) is 3.65. The second kappa shape index (κ2) is 4.32. The van der Waals surface area contributed by atoms with Crippen LogP contribution in [0.5, 0.6) is 0 Å². The Morgan fingerprint density at radius 3 is 2.68 bits per heavy atom. The minimum absolute atomic E-state index is 0.386. The van der Waals surface area contributed by atoms with E-state index >= 15 is 0 Å². The third-order valence-corrected chi connectivity index (χ3v) is 4.38. The first-order valence-corrected chi connectivity index (χ1v) is 7.50. The summed E-state index contributed by atoms with van der Waals surface area (Å²) < 4.78 is 0. The molecule has 0 amide bonds. The van der Waals surface area contributed by atoms with Gasteiger partial charge in [-0.15, -0.1) is 11.8 Å². The number of aryl methyl sites for hydroxylation is 1. The van der Waals surface area contributed by atoms with Gasteiger partial charge in [-0.05, 0) is 32.1 Å². The van der Waals surface area contributed by atoms with Gasteiger partial charge in [0, 0.05) is 5.56 Å². The third-order valence-electron chi connectivity index (χ3n) is 3.39. The summed E-state index contributed by atoms with van der Waals surface area (Å²) in [6.45, 7) is 1.83. The number of hydrogen-bond acceptors (Lipinski definition) is 5. The highest BCUT2D eigenvalue weighted by Gasteiger charge is 2.47. The van der Waals surface area contributed by atoms with Crippen molar-refractivity contribution >= 4 is 34.4 Å². The largest absolute Gasteiger partial charge is 0.226 e. The van der Waals surface area contributed by atoms with Gasteiger partial charge in [0.25, 0.3) is 0 Å². The number of rotatable bonds is 2. The summed E-state index contributed by atoms with van der Waals surface area (Å²) in [5.41, 5.74) is 0.963. The molecule has 1 aliphatic carbocycles. The van der Waals surface area contributed by atoms with Crippen LogP contribution in [0.25, 0.3) is 11.0 Å². The van der Waals surface area contributed by atoms with E-state index in [2.05, 4.69) is 21.0 Å². The maximum absolute atomic E-state index is 9.30. The highest BCUT2D eigenvalue weighted by atomic mass is 35.5. The van der Waals surface area contributed by atoms with Gasteiger partial charge < -0.3 is 0 Å². The van der Waals surface area contributed by atoms with Crippen molar-refractivity contribution in [2.45, 2.75) is 30.2 Å². The second-order valence-corrected chi connectivity index (χ2v) is 5.82. The van der Waals surface area contributed by atoms with Crippen LogP contribution in [0, 0.1) is 18.3 Å². The first kappa shape index (κ1) is 12.6. The van der Waals surface area contributed by atoms with Crippen LogP contribution >= 0.6 is 23.4 Å². The highest BCUT2D eigenvalue weighted by Crippen LogP contribution is 2.50. The second-order valence-electron chi connectivity index (χ2n) is 4.67. The van der Waals surface area contributed by atoms with Gasteiger partial charge in [-0.1, -0.05) is 11.6 Å². The van der Waals surface area contributed by atoms with Crippen LogP contribution < -0.4 is 0 Å². The lowest BCUT2D eigenvalue weighted by atomic mass is 9.99. The summed E-state index contributed by atoms with van der Waals surface area (Å²) in [5.74, 6) is 0.676. The molecule has 0 spiro atoms. The van der Waals surface area contributed by atoms with E-state index in [1.165, 1.54) is 0 Å². The molecule has 0 N–H and O–H groups in total. The number of halogens is 1. The number of hydrogen-bond donors (Lipinski definition) is 0. The SMILES string of the molecule is CSc1nc(C)nc2nc(Cl)c(C3(C#N)CC3)cc12. The maximum Gasteiger partial charge on any atom is 0.165 e.